The van der Waals surface area contributed by atoms with E-state index in [-0.39, 0.29) is 31.3 Å². The summed E-state index contributed by atoms with van der Waals surface area (Å²) < 4.78 is 33.6. The molecule has 7 nitrogen and oxygen atoms in total. The third-order valence-electron chi connectivity index (χ3n) is 7.29. The third kappa shape index (κ3) is 5.76. The van der Waals surface area contributed by atoms with Crippen molar-refractivity contribution in [3.05, 3.63) is 76.4 Å². The van der Waals surface area contributed by atoms with Crippen molar-refractivity contribution in [3.8, 4) is 5.75 Å². The Morgan fingerprint density at radius 3 is 2.63 bits per heavy atom. The lowest BCUT2D eigenvalue weighted by Crippen LogP contribution is -2.39. The number of methoxy groups -OCH3 is 1. The van der Waals surface area contributed by atoms with Crippen LogP contribution in [0.3, 0.4) is 0 Å². The van der Waals surface area contributed by atoms with E-state index in [9.17, 15) is 13.6 Å². The quantitative estimate of drug-likeness (QED) is 0.457. The Balaban J connectivity index is 1.44. The van der Waals surface area contributed by atoms with Gasteiger partial charge in [-0.1, -0.05) is 6.07 Å². The average molecular weight is 522 g/mol. The number of hydrogen-bond acceptors (Lipinski definition) is 6. The summed E-state index contributed by atoms with van der Waals surface area (Å²) >= 11 is 0. The molecule has 38 heavy (non-hydrogen) atoms. The molecule has 2 fully saturated rings. The van der Waals surface area contributed by atoms with Crippen molar-refractivity contribution in [3.63, 3.8) is 0 Å². The van der Waals surface area contributed by atoms with Gasteiger partial charge in [0.25, 0.3) is 11.8 Å². The van der Waals surface area contributed by atoms with Gasteiger partial charge in [0, 0.05) is 50.3 Å². The highest BCUT2D eigenvalue weighted by atomic mass is 19.3. The zero-order valence-corrected chi connectivity index (χ0v) is 22.1. The van der Waals surface area contributed by atoms with Crippen molar-refractivity contribution in [1.82, 2.24) is 19.9 Å². The number of alkyl halides is 2. The van der Waals surface area contributed by atoms with Crippen LogP contribution < -0.4 is 9.64 Å². The molecule has 0 radical (unpaired) electrons. The minimum Gasteiger partial charge on any atom is -0.496 e. The first-order valence-electron chi connectivity index (χ1n) is 13.1. The van der Waals surface area contributed by atoms with Crippen LogP contribution in [0.1, 0.15) is 63.7 Å². The summed E-state index contributed by atoms with van der Waals surface area (Å²) in [7, 11) is 1.57. The molecule has 9 heteroatoms. The molecular formula is C29H33F2N5O2. The second kappa shape index (κ2) is 10.6. The summed E-state index contributed by atoms with van der Waals surface area (Å²) in [6.07, 6.45) is 3.70. The number of anilines is 1. The predicted molar refractivity (Wildman–Crippen MR) is 141 cm³/mol. The summed E-state index contributed by atoms with van der Waals surface area (Å²) in [6, 6.07) is 11.5. The smallest absolute Gasteiger partial charge is 0.267 e. The molecule has 1 atom stereocenters. The maximum atomic E-state index is 14.1. The summed E-state index contributed by atoms with van der Waals surface area (Å²) in [4.78, 5) is 30.8. The summed E-state index contributed by atoms with van der Waals surface area (Å²) in [5.74, 6) is -1.98. The lowest BCUT2D eigenvalue weighted by atomic mass is 9.93. The van der Waals surface area contributed by atoms with E-state index in [4.69, 9.17) is 9.72 Å². The van der Waals surface area contributed by atoms with Gasteiger partial charge in [0.2, 0.25) is 5.95 Å². The first-order chi connectivity index (χ1) is 18.2. The SMILES string of the molecule is COc1cc(C)ccc1C(=O)N1CCCC(c2cc(Cc3cc(C)ccn3)nc(N3CCC(F)(F)C3)n2)C1. The fourth-order valence-corrected chi connectivity index (χ4v) is 5.28. The number of carbonyl (C=O) groups is 1. The highest BCUT2D eigenvalue weighted by Gasteiger charge is 2.39. The highest BCUT2D eigenvalue weighted by molar-refractivity contribution is 5.97. The van der Waals surface area contributed by atoms with Crippen LogP contribution in [0.15, 0.2) is 42.6 Å². The van der Waals surface area contributed by atoms with Crippen LogP contribution in [0.2, 0.25) is 0 Å². The fraction of sp³-hybridized carbons (Fsp3) is 0.448. The van der Waals surface area contributed by atoms with Crippen LogP contribution in [-0.4, -0.2) is 65.0 Å². The number of hydrogen-bond donors (Lipinski definition) is 0. The molecular weight excluding hydrogens is 488 g/mol. The van der Waals surface area contributed by atoms with Crippen LogP contribution in [0.25, 0.3) is 0 Å². The topological polar surface area (TPSA) is 71.5 Å². The lowest BCUT2D eigenvalue weighted by molar-refractivity contribution is 0.0256. The van der Waals surface area contributed by atoms with Gasteiger partial charge in [-0.15, -0.1) is 0 Å². The molecule has 4 heterocycles. The van der Waals surface area contributed by atoms with Crippen LogP contribution >= 0.6 is 0 Å². The van der Waals surface area contributed by atoms with Crippen molar-refractivity contribution in [2.75, 3.05) is 38.2 Å². The minimum atomic E-state index is -2.75. The molecule has 1 aromatic carbocycles. The number of halogens is 2. The van der Waals surface area contributed by atoms with E-state index in [0.717, 1.165) is 41.1 Å². The molecule has 0 spiro atoms. The van der Waals surface area contributed by atoms with Gasteiger partial charge in [-0.2, -0.15) is 0 Å². The number of aryl methyl sites for hydroxylation is 2. The highest BCUT2D eigenvalue weighted by Crippen LogP contribution is 2.33. The molecule has 5 rings (SSSR count). The van der Waals surface area contributed by atoms with E-state index in [2.05, 4.69) is 9.97 Å². The Morgan fingerprint density at radius 1 is 1.08 bits per heavy atom. The zero-order chi connectivity index (χ0) is 26.9. The Morgan fingerprint density at radius 2 is 1.89 bits per heavy atom. The number of aromatic nitrogens is 3. The molecule has 3 aromatic rings. The van der Waals surface area contributed by atoms with E-state index in [1.165, 1.54) is 0 Å². The number of piperidine rings is 1. The number of pyridine rings is 1. The summed E-state index contributed by atoms with van der Waals surface area (Å²) in [6.45, 7) is 4.92. The van der Waals surface area contributed by atoms with E-state index in [0.29, 0.717) is 36.8 Å². The van der Waals surface area contributed by atoms with Crippen LogP contribution in [-0.2, 0) is 6.42 Å². The molecule has 2 saturated heterocycles. The summed E-state index contributed by atoms with van der Waals surface area (Å²) in [5.41, 5.74) is 5.03. The normalized spacial score (nSPS) is 19.0. The van der Waals surface area contributed by atoms with E-state index < -0.39 is 5.92 Å². The van der Waals surface area contributed by atoms with Crippen LogP contribution in [0, 0.1) is 13.8 Å². The maximum Gasteiger partial charge on any atom is 0.267 e. The van der Waals surface area contributed by atoms with Gasteiger partial charge >= 0.3 is 0 Å². The van der Waals surface area contributed by atoms with E-state index in [1.807, 2.05) is 55.1 Å². The number of rotatable bonds is 6. The van der Waals surface area contributed by atoms with E-state index >= 15 is 0 Å². The first-order valence-corrected chi connectivity index (χ1v) is 13.1. The largest absolute Gasteiger partial charge is 0.496 e. The zero-order valence-electron chi connectivity index (χ0n) is 22.1. The van der Waals surface area contributed by atoms with Crippen LogP contribution in [0.5, 0.6) is 5.75 Å². The van der Waals surface area contributed by atoms with Gasteiger partial charge in [0.1, 0.15) is 5.75 Å². The molecule has 0 aliphatic carbocycles. The Bertz CT molecular complexity index is 1330. The average Bonchev–Trinajstić information content (AvgIpc) is 3.27. The van der Waals surface area contributed by atoms with Gasteiger partial charge in [-0.3, -0.25) is 9.78 Å². The predicted octanol–water partition coefficient (Wildman–Crippen LogP) is 4.95. The number of amides is 1. The van der Waals surface area contributed by atoms with Gasteiger partial charge in [0.05, 0.1) is 30.6 Å². The lowest BCUT2D eigenvalue weighted by Gasteiger charge is -2.33. The fourth-order valence-electron chi connectivity index (χ4n) is 5.28. The Kier molecular flexibility index (Phi) is 7.27. The molecule has 1 amide bonds. The molecule has 1 unspecified atom stereocenters. The minimum absolute atomic E-state index is 0.0294. The molecule has 2 aliphatic rings. The Hall–Kier alpha value is -3.62. The van der Waals surface area contributed by atoms with E-state index in [1.54, 1.807) is 18.2 Å². The second-order valence-corrected chi connectivity index (χ2v) is 10.4. The van der Waals surface area contributed by atoms with Gasteiger partial charge < -0.3 is 14.5 Å². The molecule has 2 aromatic heterocycles. The molecule has 0 N–H and O–H groups in total. The molecule has 200 valence electrons. The summed E-state index contributed by atoms with van der Waals surface area (Å²) in [5, 5.41) is 0. The standard InChI is InChI=1S/C29H33F2N5O2/c1-19-6-7-24(26(14-19)38-3)27(37)35-11-4-5-21(17-35)25-16-23(15-22-13-20(2)8-10-32-22)33-28(34-25)36-12-9-29(30,31)18-36/h6-8,10,13-14,16,21H,4-5,9,11-12,15,17-18H2,1-3H3. The number of carbonyl (C=O) groups excluding carboxylic acids is 1. The van der Waals surface area contributed by atoms with Crippen molar-refractivity contribution in [2.24, 2.45) is 0 Å². The second-order valence-electron chi connectivity index (χ2n) is 10.4. The monoisotopic (exact) mass is 521 g/mol. The van der Waals surface area contributed by atoms with Gasteiger partial charge in [0.15, 0.2) is 0 Å². The van der Waals surface area contributed by atoms with Crippen molar-refractivity contribution in [2.45, 2.75) is 51.4 Å². The Labute approximate surface area is 221 Å². The molecule has 2 aliphatic heterocycles. The van der Waals surface area contributed by atoms with Crippen molar-refractivity contribution < 1.29 is 18.3 Å². The molecule has 0 saturated carbocycles. The van der Waals surface area contributed by atoms with Gasteiger partial charge in [-0.05, 0) is 68.1 Å². The number of likely N-dealkylation sites (tertiary alicyclic amines) is 1. The first kappa shape index (κ1) is 26.0. The number of ether oxygens (including phenoxy) is 1. The van der Waals surface area contributed by atoms with Gasteiger partial charge in [-0.25, -0.2) is 18.7 Å². The number of benzene rings is 1. The molecule has 0 bridgehead atoms. The maximum absolute atomic E-state index is 14.1. The van der Waals surface area contributed by atoms with Crippen molar-refractivity contribution in [1.29, 1.82) is 0 Å². The van der Waals surface area contributed by atoms with Crippen LogP contribution in [0.4, 0.5) is 14.7 Å². The third-order valence-corrected chi connectivity index (χ3v) is 7.29. The van der Waals surface area contributed by atoms with Crippen molar-refractivity contribution >= 4 is 11.9 Å². The number of nitrogens with zero attached hydrogens (tertiary/aromatic N) is 5.